The molecule has 1 fully saturated rings. The number of aromatic nitrogens is 2. The van der Waals surface area contributed by atoms with Crippen molar-refractivity contribution in [2.75, 3.05) is 24.2 Å². The summed E-state index contributed by atoms with van der Waals surface area (Å²) >= 11 is 0. The molecule has 1 saturated carbocycles. The third kappa shape index (κ3) is 4.58. The molecule has 4 nitrogen and oxygen atoms in total. The summed E-state index contributed by atoms with van der Waals surface area (Å²) in [6.07, 6.45) is 5.41. The predicted octanol–water partition coefficient (Wildman–Crippen LogP) is 4.05. The second-order valence-electron chi connectivity index (χ2n) is 7.47. The van der Waals surface area contributed by atoms with Crippen molar-refractivity contribution >= 4 is 11.6 Å². The maximum atomic E-state index is 4.69. The van der Waals surface area contributed by atoms with Crippen LogP contribution in [0.15, 0.2) is 6.07 Å². The normalized spacial score (nSPS) is 22.9. The Morgan fingerprint density at radius 3 is 2.29 bits per heavy atom. The Hall–Kier alpha value is -1.32. The quantitative estimate of drug-likeness (QED) is 0.878. The third-order valence-corrected chi connectivity index (χ3v) is 4.36. The lowest BCUT2D eigenvalue weighted by molar-refractivity contribution is 0.300. The van der Waals surface area contributed by atoms with E-state index in [2.05, 4.69) is 48.3 Å². The van der Waals surface area contributed by atoms with Crippen LogP contribution in [0.4, 0.5) is 11.6 Å². The van der Waals surface area contributed by atoms with Crippen molar-refractivity contribution in [3.63, 3.8) is 0 Å². The van der Waals surface area contributed by atoms with E-state index in [0.717, 1.165) is 35.8 Å². The van der Waals surface area contributed by atoms with Gasteiger partial charge in [0.05, 0.1) is 0 Å². The molecule has 1 heterocycles. The Morgan fingerprint density at radius 1 is 1.10 bits per heavy atom. The highest BCUT2D eigenvalue weighted by Crippen LogP contribution is 2.28. The monoisotopic (exact) mass is 290 g/mol. The fourth-order valence-corrected chi connectivity index (χ4v) is 2.78. The highest BCUT2D eigenvalue weighted by Gasteiger charge is 2.20. The molecule has 2 rings (SSSR count). The first-order chi connectivity index (χ1) is 9.88. The van der Waals surface area contributed by atoms with Crippen LogP contribution in [-0.4, -0.2) is 23.6 Å². The molecule has 0 saturated heterocycles. The summed E-state index contributed by atoms with van der Waals surface area (Å²) < 4.78 is 0. The highest BCUT2D eigenvalue weighted by atomic mass is 15.1. The molecule has 0 aromatic carbocycles. The molecule has 0 radical (unpaired) electrons. The molecule has 1 aliphatic carbocycles. The zero-order valence-electron chi connectivity index (χ0n) is 14.2. The fourth-order valence-electron chi connectivity index (χ4n) is 2.78. The summed E-state index contributed by atoms with van der Waals surface area (Å²) in [7, 11) is 1.90. The average molecular weight is 290 g/mol. The van der Waals surface area contributed by atoms with Crippen LogP contribution in [0.5, 0.6) is 0 Å². The Morgan fingerprint density at radius 2 is 1.71 bits per heavy atom. The highest BCUT2D eigenvalue weighted by molar-refractivity contribution is 5.47. The van der Waals surface area contributed by atoms with Gasteiger partial charge in [0.2, 0.25) is 0 Å². The largest absolute Gasteiger partial charge is 0.373 e. The average Bonchev–Trinajstić information content (AvgIpc) is 2.45. The number of hydrogen-bond donors (Lipinski definition) is 2. The minimum absolute atomic E-state index is 0.0381. The molecule has 0 unspecified atom stereocenters. The smallest absolute Gasteiger partial charge is 0.138 e. The van der Waals surface area contributed by atoms with Gasteiger partial charge in [-0.25, -0.2) is 9.97 Å². The van der Waals surface area contributed by atoms with Gasteiger partial charge in [0.25, 0.3) is 0 Å². The molecular formula is C17H30N4. The van der Waals surface area contributed by atoms with E-state index in [1.807, 2.05) is 13.1 Å². The van der Waals surface area contributed by atoms with Gasteiger partial charge in [0.1, 0.15) is 17.5 Å². The second kappa shape index (κ2) is 6.63. The molecule has 0 aliphatic heterocycles. The molecule has 1 aliphatic rings. The summed E-state index contributed by atoms with van der Waals surface area (Å²) in [4.78, 5) is 9.26. The van der Waals surface area contributed by atoms with Gasteiger partial charge in [-0.3, -0.25) is 0 Å². The van der Waals surface area contributed by atoms with Gasteiger partial charge in [-0.2, -0.15) is 0 Å². The molecule has 2 N–H and O–H groups in total. The second-order valence-corrected chi connectivity index (χ2v) is 7.47. The summed E-state index contributed by atoms with van der Waals surface area (Å²) in [5, 5.41) is 6.66. The zero-order chi connectivity index (χ0) is 15.5. The van der Waals surface area contributed by atoms with E-state index in [-0.39, 0.29) is 5.41 Å². The van der Waals surface area contributed by atoms with Crippen molar-refractivity contribution in [2.24, 2.45) is 11.8 Å². The minimum Gasteiger partial charge on any atom is -0.373 e. The van der Waals surface area contributed by atoms with E-state index in [0.29, 0.717) is 0 Å². The van der Waals surface area contributed by atoms with E-state index < -0.39 is 0 Å². The Kier molecular flexibility index (Phi) is 5.07. The summed E-state index contributed by atoms with van der Waals surface area (Å²) in [5.41, 5.74) is -0.0381. The maximum absolute atomic E-state index is 4.69. The number of nitrogens with zero attached hydrogens (tertiary/aromatic N) is 2. The first kappa shape index (κ1) is 16.1. The van der Waals surface area contributed by atoms with Crippen molar-refractivity contribution in [2.45, 2.75) is 58.8 Å². The molecular weight excluding hydrogens is 260 g/mol. The van der Waals surface area contributed by atoms with E-state index in [4.69, 9.17) is 0 Å². The lowest BCUT2D eigenvalue weighted by Crippen LogP contribution is -2.22. The van der Waals surface area contributed by atoms with E-state index in [1.165, 1.54) is 25.7 Å². The van der Waals surface area contributed by atoms with Gasteiger partial charge < -0.3 is 10.6 Å². The van der Waals surface area contributed by atoms with Crippen LogP contribution in [0.2, 0.25) is 0 Å². The van der Waals surface area contributed by atoms with Crippen LogP contribution < -0.4 is 10.6 Å². The van der Waals surface area contributed by atoms with E-state index in [9.17, 15) is 0 Å². The summed E-state index contributed by atoms with van der Waals surface area (Å²) in [6.45, 7) is 9.83. The molecule has 1 aromatic heterocycles. The first-order valence-corrected chi connectivity index (χ1v) is 8.19. The number of nitrogens with one attached hydrogen (secondary N) is 2. The van der Waals surface area contributed by atoms with Gasteiger partial charge in [0, 0.05) is 25.1 Å². The molecule has 0 spiro atoms. The molecule has 0 amide bonds. The number of anilines is 2. The molecule has 4 heteroatoms. The van der Waals surface area contributed by atoms with Crippen molar-refractivity contribution in [3.8, 4) is 0 Å². The van der Waals surface area contributed by atoms with Crippen molar-refractivity contribution in [3.05, 3.63) is 11.9 Å². The zero-order valence-corrected chi connectivity index (χ0v) is 14.2. The number of rotatable bonds is 4. The van der Waals surface area contributed by atoms with Crippen molar-refractivity contribution < 1.29 is 0 Å². The lowest BCUT2D eigenvalue weighted by atomic mass is 9.83. The van der Waals surface area contributed by atoms with E-state index in [1.54, 1.807) is 0 Å². The first-order valence-electron chi connectivity index (χ1n) is 8.19. The number of hydrogen-bond acceptors (Lipinski definition) is 4. The fraction of sp³-hybridized carbons (Fsp3) is 0.765. The van der Waals surface area contributed by atoms with Gasteiger partial charge in [-0.05, 0) is 24.7 Å². The van der Waals surface area contributed by atoms with Crippen LogP contribution >= 0.6 is 0 Å². The van der Waals surface area contributed by atoms with Crippen molar-refractivity contribution in [1.29, 1.82) is 0 Å². The van der Waals surface area contributed by atoms with Gasteiger partial charge >= 0.3 is 0 Å². The Bertz CT molecular complexity index is 456. The Labute approximate surface area is 129 Å². The van der Waals surface area contributed by atoms with Gasteiger partial charge in [0.15, 0.2) is 0 Å². The third-order valence-electron chi connectivity index (χ3n) is 4.36. The molecule has 21 heavy (non-hydrogen) atoms. The van der Waals surface area contributed by atoms with Crippen LogP contribution in [0.3, 0.4) is 0 Å². The topological polar surface area (TPSA) is 49.8 Å². The molecule has 0 bridgehead atoms. The maximum Gasteiger partial charge on any atom is 0.138 e. The van der Waals surface area contributed by atoms with E-state index >= 15 is 0 Å². The Balaban J connectivity index is 2.02. The van der Waals surface area contributed by atoms with Gasteiger partial charge in [-0.15, -0.1) is 0 Å². The minimum atomic E-state index is -0.0381. The van der Waals surface area contributed by atoms with Crippen LogP contribution in [0.25, 0.3) is 0 Å². The van der Waals surface area contributed by atoms with Crippen LogP contribution in [-0.2, 0) is 5.41 Å². The summed E-state index contributed by atoms with van der Waals surface area (Å²) in [5.74, 6) is 4.40. The predicted molar refractivity (Wildman–Crippen MR) is 89.9 cm³/mol. The van der Waals surface area contributed by atoms with Crippen molar-refractivity contribution in [1.82, 2.24) is 9.97 Å². The molecule has 0 atom stereocenters. The molecule has 118 valence electrons. The van der Waals surface area contributed by atoms with Gasteiger partial charge in [-0.1, -0.05) is 40.5 Å². The SMILES string of the molecule is CNc1cc(NCC2CCC(C)CC2)nc(C(C)(C)C)n1. The molecule has 1 aromatic rings. The standard InChI is InChI=1S/C17H30N4/c1-12-6-8-13(9-7-12)11-19-15-10-14(18-5)20-16(21-15)17(2,3)4/h10,12-13H,6-9,11H2,1-5H3,(H2,18,19,20,21). The van der Waals surface area contributed by atoms with Crippen LogP contribution in [0.1, 0.15) is 59.2 Å². The van der Waals surface area contributed by atoms with Crippen LogP contribution in [0, 0.1) is 11.8 Å². The summed E-state index contributed by atoms with van der Waals surface area (Å²) in [6, 6.07) is 2.00. The lowest BCUT2D eigenvalue weighted by Gasteiger charge is -2.26.